The number of thiazole rings is 1. The molecule has 0 aliphatic carbocycles. The van der Waals surface area contributed by atoms with Crippen LogP contribution in [0.25, 0.3) is 4.96 Å². The smallest absolute Gasteiger partial charge is 0.270 e. The summed E-state index contributed by atoms with van der Waals surface area (Å²) < 4.78 is 16.3. The quantitative estimate of drug-likeness (QED) is 0.357. The van der Waals surface area contributed by atoms with Gasteiger partial charge in [0.05, 0.1) is 12.2 Å². The molecule has 176 valence electrons. The number of nitrogens with zero attached hydrogens (tertiary/aromatic N) is 2. The fourth-order valence-electron chi connectivity index (χ4n) is 4.07. The fraction of sp³-hybridized carbons (Fsp3) is 0.269. The van der Waals surface area contributed by atoms with Gasteiger partial charge in [0.25, 0.3) is 5.91 Å². The first-order chi connectivity index (χ1) is 16.4. The normalized spacial score (nSPS) is 13.1. The maximum atomic E-state index is 14.6. The third-order valence-corrected chi connectivity index (χ3v) is 6.67. The lowest BCUT2D eigenvalue weighted by atomic mass is 9.85. The Balaban J connectivity index is 1.49. The van der Waals surface area contributed by atoms with Gasteiger partial charge in [-0.05, 0) is 23.5 Å². The second-order valence-corrected chi connectivity index (χ2v) is 9.39. The molecule has 0 aliphatic rings. The van der Waals surface area contributed by atoms with Crippen molar-refractivity contribution in [3.63, 3.8) is 0 Å². The lowest BCUT2D eigenvalue weighted by molar-refractivity contribution is -0.122. The molecule has 2 aromatic heterocycles. The molecule has 8 heteroatoms. The first kappa shape index (κ1) is 23.6. The van der Waals surface area contributed by atoms with E-state index in [4.69, 9.17) is 0 Å². The number of carbonyl (C=O) groups excluding carboxylic acids is 2. The number of rotatable bonds is 9. The summed E-state index contributed by atoms with van der Waals surface area (Å²) in [6.45, 7) is 4.20. The molecule has 2 unspecified atom stereocenters. The first-order valence-electron chi connectivity index (χ1n) is 11.2. The van der Waals surface area contributed by atoms with E-state index in [9.17, 15) is 14.0 Å². The van der Waals surface area contributed by atoms with Gasteiger partial charge in [0.1, 0.15) is 11.5 Å². The Kier molecular flexibility index (Phi) is 7.37. The van der Waals surface area contributed by atoms with Gasteiger partial charge in [-0.1, -0.05) is 62.4 Å². The van der Waals surface area contributed by atoms with Gasteiger partial charge >= 0.3 is 0 Å². The molecular formula is C26H27FN4O2S. The Morgan fingerprint density at radius 1 is 1.09 bits per heavy atom. The predicted molar refractivity (Wildman–Crippen MR) is 131 cm³/mol. The van der Waals surface area contributed by atoms with Crippen LogP contribution in [0.2, 0.25) is 0 Å². The molecule has 0 fully saturated rings. The standard InChI is InChI=1S/C26H27FN4O2S/c1-17(2)20(18-8-4-3-5-9-18)14-24(32)30-22(19-10-6-7-11-21(19)27)15-28-25(33)23-16-29-26-31(23)12-13-34-26/h3-13,16-17,20,22H,14-15H2,1-2H3,(H,28,33)(H,30,32). The second kappa shape index (κ2) is 10.6. The van der Waals surface area contributed by atoms with Gasteiger partial charge < -0.3 is 10.6 Å². The van der Waals surface area contributed by atoms with Gasteiger partial charge in [0.15, 0.2) is 4.96 Å². The number of imidazole rings is 1. The van der Waals surface area contributed by atoms with E-state index < -0.39 is 11.9 Å². The molecular weight excluding hydrogens is 451 g/mol. The number of benzene rings is 2. The summed E-state index contributed by atoms with van der Waals surface area (Å²) in [5, 5.41) is 7.62. The minimum absolute atomic E-state index is 0.0238. The number of fused-ring (bicyclic) bond motifs is 1. The van der Waals surface area contributed by atoms with Gasteiger partial charge in [0.2, 0.25) is 5.91 Å². The zero-order chi connectivity index (χ0) is 24.1. The highest BCUT2D eigenvalue weighted by Gasteiger charge is 2.24. The molecule has 2 aromatic carbocycles. The highest BCUT2D eigenvalue weighted by molar-refractivity contribution is 7.15. The molecule has 2 heterocycles. The third-order valence-electron chi connectivity index (χ3n) is 5.90. The number of aromatic nitrogens is 2. The Morgan fingerprint density at radius 2 is 1.82 bits per heavy atom. The molecule has 34 heavy (non-hydrogen) atoms. The molecule has 4 aromatic rings. The molecule has 4 rings (SSSR count). The van der Waals surface area contributed by atoms with Gasteiger partial charge in [0, 0.05) is 30.1 Å². The van der Waals surface area contributed by atoms with Gasteiger partial charge in [-0.25, -0.2) is 9.37 Å². The molecule has 0 saturated carbocycles. The van der Waals surface area contributed by atoms with Crippen LogP contribution in [0.4, 0.5) is 4.39 Å². The van der Waals surface area contributed by atoms with Crippen LogP contribution in [0.15, 0.2) is 72.4 Å². The van der Waals surface area contributed by atoms with Crippen molar-refractivity contribution in [2.24, 2.45) is 5.92 Å². The molecule has 2 N–H and O–H groups in total. The van der Waals surface area contributed by atoms with Crippen LogP contribution in [0.5, 0.6) is 0 Å². The van der Waals surface area contributed by atoms with Crippen molar-refractivity contribution >= 4 is 28.1 Å². The molecule has 0 bridgehead atoms. The van der Waals surface area contributed by atoms with E-state index in [0.29, 0.717) is 16.2 Å². The molecule has 0 saturated heterocycles. The topological polar surface area (TPSA) is 75.5 Å². The summed E-state index contributed by atoms with van der Waals surface area (Å²) in [6, 6.07) is 15.5. The Bertz CT molecular complexity index is 1270. The number of amides is 2. The van der Waals surface area contributed by atoms with Gasteiger partial charge in [-0.3, -0.25) is 14.0 Å². The molecule has 6 nitrogen and oxygen atoms in total. The van der Waals surface area contributed by atoms with E-state index in [1.165, 1.54) is 23.6 Å². The Morgan fingerprint density at radius 3 is 2.56 bits per heavy atom. The van der Waals surface area contributed by atoms with E-state index in [2.05, 4.69) is 29.5 Å². The van der Waals surface area contributed by atoms with Crippen molar-refractivity contribution in [3.8, 4) is 0 Å². The van der Waals surface area contributed by atoms with E-state index in [0.717, 1.165) is 5.56 Å². The largest absolute Gasteiger partial charge is 0.348 e. The van der Waals surface area contributed by atoms with Crippen LogP contribution in [0.3, 0.4) is 0 Å². The van der Waals surface area contributed by atoms with E-state index in [1.807, 2.05) is 35.7 Å². The van der Waals surface area contributed by atoms with E-state index >= 15 is 0 Å². The number of nitrogens with one attached hydrogen (secondary N) is 2. The van der Waals surface area contributed by atoms with Crippen molar-refractivity contribution in [3.05, 3.63) is 95.0 Å². The predicted octanol–water partition coefficient (Wildman–Crippen LogP) is 4.95. The average Bonchev–Trinajstić information content (AvgIpc) is 3.45. The lowest BCUT2D eigenvalue weighted by Crippen LogP contribution is -2.39. The van der Waals surface area contributed by atoms with Crippen molar-refractivity contribution in [1.82, 2.24) is 20.0 Å². The maximum Gasteiger partial charge on any atom is 0.270 e. The van der Waals surface area contributed by atoms with Crippen LogP contribution >= 0.6 is 11.3 Å². The molecule has 0 radical (unpaired) electrons. The van der Waals surface area contributed by atoms with Crippen LogP contribution in [-0.2, 0) is 4.79 Å². The zero-order valence-corrected chi connectivity index (χ0v) is 19.9. The number of halogens is 1. The van der Waals surface area contributed by atoms with Crippen molar-refractivity contribution in [2.75, 3.05) is 6.54 Å². The van der Waals surface area contributed by atoms with Crippen LogP contribution in [0.1, 0.15) is 53.8 Å². The summed E-state index contributed by atoms with van der Waals surface area (Å²) >= 11 is 1.43. The van der Waals surface area contributed by atoms with Crippen molar-refractivity contribution < 1.29 is 14.0 Å². The number of hydrogen-bond acceptors (Lipinski definition) is 4. The molecule has 0 aliphatic heterocycles. The fourth-order valence-corrected chi connectivity index (χ4v) is 4.76. The summed E-state index contributed by atoms with van der Waals surface area (Å²) in [5.74, 6) is -0.707. The minimum Gasteiger partial charge on any atom is -0.348 e. The van der Waals surface area contributed by atoms with E-state index in [1.54, 1.807) is 28.8 Å². The highest BCUT2D eigenvalue weighted by Crippen LogP contribution is 2.28. The van der Waals surface area contributed by atoms with Crippen molar-refractivity contribution in [2.45, 2.75) is 32.2 Å². The first-order valence-corrected chi connectivity index (χ1v) is 12.1. The number of carbonyl (C=O) groups is 2. The molecule has 2 atom stereocenters. The monoisotopic (exact) mass is 478 g/mol. The van der Waals surface area contributed by atoms with Gasteiger partial charge in [-0.15, -0.1) is 11.3 Å². The van der Waals surface area contributed by atoms with Crippen molar-refractivity contribution in [1.29, 1.82) is 0 Å². The number of hydrogen-bond donors (Lipinski definition) is 2. The highest BCUT2D eigenvalue weighted by atomic mass is 32.1. The van der Waals surface area contributed by atoms with Crippen LogP contribution in [-0.4, -0.2) is 27.7 Å². The maximum absolute atomic E-state index is 14.6. The van der Waals surface area contributed by atoms with E-state index in [-0.39, 0.29) is 36.6 Å². The summed E-state index contributed by atoms with van der Waals surface area (Å²) in [7, 11) is 0. The average molecular weight is 479 g/mol. The van der Waals surface area contributed by atoms with Crippen LogP contribution in [0, 0.1) is 11.7 Å². The zero-order valence-electron chi connectivity index (χ0n) is 19.1. The summed E-state index contributed by atoms with van der Waals surface area (Å²) in [6.07, 6.45) is 3.54. The lowest BCUT2D eigenvalue weighted by Gasteiger charge is -2.24. The summed E-state index contributed by atoms with van der Waals surface area (Å²) in [4.78, 5) is 30.8. The SMILES string of the molecule is CC(C)C(CC(=O)NC(CNC(=O)c1cnc2sccn12)c1ccccc1F)c1ccccc1. The van der Waals surface area contributed by atoms with Crippen LogP contribution < -0.4 is 10.6 Å². The Hall–Kier alpha value is -3.52. The second-order valence-electron chi connectivity index (χ2n) is 8.52. The third kappa shape index (κ3) is 5.34. The van der Waals surface area contributed by atoms with Gasteiger partial charge in [-0.2, -0.15) is 0 Å². The molecule has 2 amide bonds. The minimum atomic E-state index is -0.716. The molecule has 0 spiro atoms. The summed E-state index contributed by atoms with van der Waals surface area (Å²) in [5.41, 5.74) is 1.80. The Labute approximate surface area is 201 Å².